The van der Waals surface area contributed by atoms with Crippen LogP contribution in [-0.4, -0.2) is 17.2 Å². The molecule has 0 fully saturated rings. The fraction of sp³-hybridized carbons (Fsp3) is 0.375. The molecule has 1 rings (SSSR count). The molecule has 1 aromatic rings. The van der Waals surface area contributed by atoms with Crippen LogP contribution >= 0.6 is 0 Å². The molecule has 12 heavy (non-hydrogen) atoms. The lowest BCUT2D eigenvalue weighted by Crippen LogP contribution is -1.99. The normalized spacial score (nSPS) is 12.7. The maximum atomic E-state index is 12.8. The Balaban J connectivity index is 3.05. The summed E-state index contributed by atoms with van der Waals surface area (Å²) in [5, 5.41) is 9.09. The molecule has 0 aromatic carbocycles. The lowest BCUT2D eigenvalue weighted by atomic mass is 10.2. The van der Waals surface area contributed by atoms with E-state index in [0.29, 0.717) is 5.69 Å². The maximum absolute atomic E-state index is 12.8. The van der Waals surface area contributed by atoms with E-state index in [-0.39, 0.29) is 5.88 Å². The third-order valence-corrected chi connectivity index (χ3v) is 1.46. The lowest BCUT2D eigenvalue weighted by molar-refractivity contribution is 0.192. The molecule has 0 radical (unpaired) electrons. The van der Waals surface area contributed by atoms with Crippen LogP contribution in [0.2, 0.25) is 0 Å². The van der Waals surface area contributed by atoms with Gasteiger partial charge in [-0.05, 0) is 19.1 Å². The molecule has 0 bridgehead atoms. The Morgan fingerprint density at radius 3 is 2.75 bits per heavy atom. The summed E-state index contributed by atoms with van der Waals surface area (Å²) in [6, 6.07) is 2.64. The number of aliphatic hydroxyl groups is 1. The van der Waals surface area contributed by atoms with E-state index in [9.17, 15) is 4.39 Å². The number of halogens is 1. The third-order valence-electron chi connectivity index (χ3n) is 1.46. The highest BCUT2D eigenvalue weighted by Crippen LogP contribution is 2.17. The summed E-state index contributed by atoms with van der Waals surface area (Å²) in [7, 11) is 1.33. The second-order valence-electron chi connectivity index (χ2n) is 2.40. The molecule has 66 valence electrons. The van der Waals surface area contributed by atoms with Crippen molar-refractivity contribution in [3.8, 4) is 5.88 Å². The second-order valence-corrected chi connectivity index (χ2v) is 2.40. The van der Waals surface area contributed by atoms with Crippen molar-refractivity contribution in [3.63, 3.8) is 0 Å². The van der Waals surface area contributed by atoms with Gasteiger partial charge in [-0.2, -0.15) is 0 Å². The Morgan fingerprint density at radius 1 is 1.58 bits per heavy atom. The number of pyridine rings is 1. The molecule has 1 aromatic heterocycles. The molecule has 0 saturated carbocycles. The molecule has 1 unspecified atom stereocenters. The first-order chi connectivity index (χ1) is 5.65. The largest absolute Gasteiger partial charge is 0.479 e. The van der Waals surface area contributed by atoms with E-state index < -0.39 is 11.9 Å². The van der Waals surface area contributed by atoms with Gasteiger partial charge in [0.2, 0.25) is 5.88 Å². The lowest BCUT2D eigenvalue weighted by Gasteiger charge is -2.05. The zero-order valence-corrected chi connectivity index (χ0v) is 6.91. The molecule has 0 spiro atoms. The van der Waals surface area contributed by atoms with Gasteiger partial charge >= 0.3 is 0 Å². The van der Waals surface area contributed by atoms with Crippen molar-refractivity contribution < 1.29 is 14.2 Å². The van der Waals surface area contributed by atoms with Crippen LogP contribution in [0, 0.1) is 5.82 Å². The number of ether oxygens (including phenoxy) is 1. The van der Waals surface area contributed by atoms with Gasteiger partial charge in [0, 0.05) is 0 Å². The first-order valence-corrected chi connectivity index (χ1v) is 3.53. The Morgan fingerprint density at radius 2 is 2.25 bits per heavy atom. The van der Waals surface area contributed by atoms with Gasteiger partial charge in [-0.3, -0.25) is 0 Å². The SMILES string of the molecule is COc1nc(C(C)O)ccc1F. The van der Waals surface area contributed by atoms with Crippen LogP contribution in [0.15, 0.2) is 12.1 Å². The van der Waals surface area contributed by atoms with Gasteiger partial charge in [0.05, 0.1) is 18.9 Å². The van der Waals surface area contributed by atoms with Gasteiger partial charge in [0.25, 0.3) is 0 Å². The molecule has 1 atom stereocenters. The van der Waals surface area contributed by atoms with Crippen LogP contribution in [0.1, 0.15) is 18.7 Å². The van der Waals surface area contributed by atoms with Crippen molar-refractivity contribution in [3.05, 3.63) is 23.6 Å². The summed E-state index contributed by atoms with van der Waals surface area (Å²) in [5.74, 6) is -0.615. The third kappa shape index (κ3) is 1.71. The van der Waals surface area contributed by atoms with Crippen LogP contribution in [0.3, 0.4) is 0 Å². The van der Waals surface area contributed by atoms with Crippen molar-refractivity contribution in [2.24, 2.45) is 0 Å². The predicted molar refractivity (Wildman–Crippen MR) is 41.4 cm³/mol. The molecule has 0 saturated heterocycles. The summed E-state index contributed by atoms with van der Waals surface area (Å²) >= 11 is 0. The molecule has 1 N–H and O–H groups in total. The standard InChI is InChI=1S/C8H10FNO2/c1-5(11)7-4-3-6(9)8(10-7)12-2/h3-5,11H,1-2H3. The average molecular weight is 171 g/mol. The fourth-order valence-corrected chi connectivity index (χ4v) is 0.814. The van der Waals surface area contributed by atoms with Gasteiger partial charge in [-0.1, -0.05) is 0 Å². The van der Waals surface area contributed by atoms with Crippen molar-refractivity contribution >= 4 is 0 Å². The monoisotopic (exact) mass is 171 g/mol. The van der Waals surface area contributed by atoms with Gasteiger partial charge in [0.1, 0.15) is 0 Å². The number of rotatable bonds is 2. The number of aliphatic hydroxyl groups excluding tert-OH is 1. The molecular formula is C8H10FNO2. The van der Waals surface area contributed by atoms with Crippen molar-refractivity contribution in [1.82, 2.24) is 4.98 Å². The molecule has 1 heterocycles. The van der Waals surface area contributed by atoms with Gasteiger partial charge < -0.3 is 9.84 Å². The number of hydrogen-bond donors (Lipinski definition) is 1. The Kier molecular flexibility index (Phi) is 2.60. The Hall–Kier alpha value is -1.16. The number of nitrogens with zero attached hydrogens (tertiary/aromatic N) is 1. The summed E-state index contributed by atoms with van der Waals surface area (Å²) in [4.78, 5) is 3.74. The molecule has 3 nitrogen and oxygen atoms in total. The van der Waals surface area contributed by atoms with Gasteiger partial charge in [0.15, 0.2) is 5.82 Å². The average Bonchev–Trinajstić information content (AvgIpc) is 2.05. The molecule has 0 aliphatic rings. The van der Waals surface area contributed by atoms with E-state index in [0.717, 1.165) is 0 Å². The molecular weight excluding hydrogens is 161 g/mol. The molecule has 0 amide bonds. The number of hydrogen-bond acceptors (Lipinski definition) is 3. The van der Waals surface area contributed by atoms with Crippen molar-refractivity contribution in [2.45, 2.75) is 13.0 Å². The summed E-state index contributed by atoms with van der Waals surface area (Å²) in [5.41, 5.74) is 0.397. The van der Waals surface area contributed by atoms with Crippen molar-refractivity contribution in [2.75, 3.05) is 7.11 Å². The fourth-order valence-electron chi connectivity index (χ4n) is 0.814. The first kappa shape index (κ1) is 8.93. The first-order valence-electron chi connectivity index (χ1n) is 3.53. The summed E-state index contributed by atoms with van der Waals surface area (Å²) in [6.07, 6.45) is -0.709. The Bertz CT molecular complexity index is 276. The number of methoxy groups -OCH3 is 1. The van der Waals surface area contributed by atoms with Gasteiger partial charge in [-0.25, -0.2) is 9.37 Å². The van der Waals surface area contributed by atoms with E-state index in [1.54, 1.807) is 6.92 Å². The second kappa shape index (κ2) is 3.49. The Labute approximate surface area is 69.8 Å². The molecule has 0 aliphatic heterocycles. The highest BCUT2D eigenvalue weighted by molar-refractivity contribution is 5.19. The predicted octanol–water partition coefficient (Wildman–Crippen LogP) is 1.28. The summed E-state index contributed by atoms with van der Waals surface area (Å²) < 4.78 is 17.4. The van der Waals surface area contributed by atoms with Crippen LogP contribution < -0.4 is 4.74 Å². The maximum Gasteiger partial charge on any atom is 0.250 e. The van der Waals surface area contributed by atoms with Crippen LogP contribution in [0.25, 0.3) is 0 Å². The molecule has 4 heteroatoms. The minimum Gasteiger partial charge on any atom is -0.479 e. The highest BCUT2D eigenvalue weighted by Gasteiger charge is 2.08. The van der Waals surface area contributed by atoms with E-state index in [1.807, 2.05) is 0 Å². The van der Waals surface area contributed by atoms with Crippen LogP contribution in [-0.2, 0) is 0 Å². The van der Waals surface area contributed by atoms with E-state index >= 15 is 0 Å². The number of aromatic nitrogens is 1. The highest BCUT2D eigenvalue weighted by atomic mass is 19.1. The van der Waals surface area contributed by atoms with E-state index in [4.69, 9.17) is 5.11 Å². The zero-order chi connectivity index (χ0) is 9.14. The summed E-state index contributed by atoms with van der Waals surface area (Å²) in [6.45, 7) is 1.56. The van der Waals surface area contributed by atoms with Crippen molar-refractivity contribution in [1.29, 1.82) is 0 Å². The van der Waals surface area contributed by atoms with E-state index in [1.165, 1.54) is 19.2 Å². The van der Waals surface area contributed by atoms with Crippen LogP contribution in [0.4, 0.5) is 4.39 Å². The topological polar surface area (TPSA) is 42.4 Å². The van der Waals surface area contributed by atoms with Crippen LogP contribution in [0.5, 0.6) is 5.88 Å². The minimum absolute atomic E-state index is 0.0894. The molecule has 0 aliphatic carbocycles. The minimum atomic E-state index is -0.709. The quantitative estimate of drug-likeness (QED) is 0.728. The van der Waals surface area contributed by atoms with Gasteiger partial charge in [-0.15, -0.1) is 0 Å². The smallest absolute Gasteiger partial charge is 0.250 e. The van der Waals surface area contributed by atoms with E-state index in [2.05, 4.69) is 9.72 Å². The zero-order valence-electron chi connectivity index (χ0n) is 6.91.